The number of rotatable bonds is 7. The maximum absolute atomic E-state index is 15.1. The fraction of sp³-hybridized carbons (Fsp3) is 0.306. The minimum atomic E-state index is -1.41. The number of aliphatic hydroxyl groups is 1. The molecular formula is C36H34N4O7. The summed E-state index contributed by atoms with van der Waals surface area (Å²) in [5.74, 6) is -5.61. The van der Waals surface area contributed by atoms with E-state index in [2.05, 4.69) is 5.43 Å². The molecule has 6 amide bonds. The van der Waals surface area contributed by atoms with Crippen LogP contribution >= 0.6 is 0 Å². The van der Waals surface area contributed by atoms with E-state index in [-0.39, 0.29) is 26.1 Å². The van der Waals surface area contributed by atoms with Gasteiger partial charge in [-0.25, -0.2) is 4.79 Å². The lowest BCUT2D eigenvalue weighted by molar-refractivity contribution is -0.139. The number of carbonyl (C=O) groups excluding carboxylic acids is 5. The summed E-state index contributed by atoms with van der Waals surface area (Å²) in [6, 6.07) is 22.6. The molecular weight excluding hydrogens is 600 g/mol. The molecule has 6 atom stereocenters. The molecule has 2 aliphatic carbocycles. The van der Waals surface area contributed by atoms with Crippen molar-refractivity contribution in [2.75, 3.05) is 18.6 Å². The molecule has 4 N–H and O–H groups in total. The van der Waals surface area contributed by atoms with Crippen molar-refractivity contribution >= 4 is 35.3 Å². The number of carbonyl (C=O) groups is 5. The molecule has 11 nitrogen and oxygen atoms in total. The van der Waals surface area contributed by atoms with E-state index in [1.807, 2.05) is 67.6 Å². The second-order valence-corrected chi connectivity index (χ2v) is 12.6. The Bertz CT molecular complexity index is 1810. The number of nitrogens with two attached hydrogens (primary N) is 1. The first-order valence-electron chi connectivity index (χ1n) is 15.7. The smallest absolute Gasteiger partial charge is 0.328 e. The van der Waals surface area contributed by atoms with E-state index >= 15 is 4.79 Å². The predicted molar refractivity (Wildman–Crippen MR) is 169 cm³/mol. The van der Waals surface area contributed by atoms with Crippen LogP contribution in [0.5, 0.6) is 5.75 Å². The highest BCUT2D eigenvalue weighted by Gasteiger charge is 2.70. The normalized spacial score (nSPS) is 28.0. The molecule has 4 aliphatic rings. The molecule has 0 radical (unpaired) electrons. The van der Waals surface area contributed by atoms with E-state index in [0.29, 0.717) is 27.5 Å². The summed E-state index contributed by atoms with van der Waals surface area (Å²) >= 11 is 0. The number of primary amides is 1. The monoisotopic (exact) mass is 634 g/mol. The van der Waals surface area contributed by atoms with Gasteiger partial charge in [-0.1, -0.05) is 71.8 Å². The Labute approximate surface area is 270 Å². The number of aliphatic hydroxyl groups excluding tert-OH is 1. The minimum Gasteiger partial charge on any atom is -0.491 e. The van der Waals surface area contributed by atoms with Crippen LogP contribution in [0.1, 0.15) is 35.4 Å². The Morgan fingerprint density at radius 1 is 0.936 bits per heavy atom. The largest absolute Gasteiger partial charge is 0.491 e. The molecule has 7 rings (SSSR count). The SMILES string of the molecule is Cc1ccc(NN2C(=O)C3CC4C(=CCC5C(=O)N(C(N)=O)C(=O)C54)C(c4ccc(OCCO)cc4)C3(c3ccccc3)C2=O)cc1. The van der Waals surface area contributed by atoms with Crippen molar-refractivity contribution in [3.8, 4) is 5.75 Å². The number of benzene rings is 3. The highest BCUT2D eigenvalue weighted by molar-refractivity contribution is 6.17. The Balaban J connectivity index is 1.42. The molecule has 3 fully saturated rings. The molecule has 0 bridgehead atoms. The Hall–Kier alpha value is -5.29. The first-order valence-corrected chi connectivity index (χ1v) is 15.7. The number of fused-ring (bicyclic) bond motifs is 4. The Morgan fingerprint density at radius 3 is 2.30 bits per heavy atom. The number of urea groups is 1. The molecule has 240 valence electrons. The molecule has 1 saturated carbocycles. The lowest BCUT2D eigenvalue weighted by Gasteiger charge is -2.50. The van der Waals surface area contributed by atoms with Crippen LogP contribution in [0.2, 0.25) is 0 Å². The van der Waals surface area contributed by atoms with Crippen LogP contribution < -0.4 is 15.9 Å². The van der Waals surface area contributed by atoms with E-state index < -0.39 is 64.7 Å². The van der Waals surface area contributed by atoms with Gasteiger partial charge in [-0.15, -0.1) is 0 Å². The van der Waals surface area contributed by atoms with Gasteiger partial charge in [-0.05, 0) is 61.1 Å². The summed E-state index contributed by atoms with van der Waals surface area (Å²) in [5.41, 5.74) is 10.8. The van der Waals surface area contributed by atoms with Crippen LogP contribution in [0.3, 0.4) is 0 Å². The third-order valence-electron chi connectivity index (χ3n) is 10.2. The summed E-state index contributed by atoms with van der Waals surface area (Å²) in [6.45, 7) is 1.89. The Kier molecular flexibility index (Phi) is 7.43. The van der Waals surface area contributed by atoms with Crippen LogP contribution in [0.15, 0.2) is 90.5 Å². The zero-order chi connectivity index (χ0) is 33.0. The molecule has 0 spiro atoms. The van der Waals surface area contributed by atoms with Gasteiger partial charge in [0.05, 0.1) is 35.5 Å². The van der Waals surface area contributed by atoms with Gasteiger partial charge in [0.15, 0.2) is 0 Å². The van der Waals surface area contributed by atoms with E-state index in [1.165, 1.54) is 0 Å². The fourth-order valence-corrected chi connectivity index (χ4v) is 8.26. The van der Waals surface area contributed by atoms with Gasteiger partial charge >= 0.3 is 6.03 Å². The highest BCUT2D eigenvalue weighted by atomic mass is 16.5. The topological polar surface area (TPSA) is 159 Å². The number of nitrogens with zero attached hydrogens (tertiary/aromatic N) is 2. The van der Waals surface area contributed by atoms with Gasteiger partial charge in [0.2, 0.25) is 11.8 Å². The standard InChI is InChI=1S/C36H34N4O7/c1-20-7-11-23(12-8-20)38-40-32(43)28-19-27-25(15-16-26-29(27)33(44)39(31(26)42)35(37)46)30(21-9-13-24(14-10-21)47-18-17-41)36(28,34(40)45)22-5-3-2-4-6-22/h2-15,26-30,38,41H,16-19H2,1H3,(H2,37,46). The number of hydrogen-bond acceptors (Lipinski definition) is 8. The van der Waals surface area contributed by atoms with Crippen molar-refractivity contribution in [3.05, 3.63) is 107 Å². The number of imide groups is 4. The highest BCUT2D eigenvalue weighted by Crippen LogP contribution is 2.64. The molecule has 3 aromatic rings. The summed E-state index contributed by atoms with van der Waals surface area (Å²) in [7, 11) is 0. The number of aryl methyl sites for hydroxylation is 1. The maximum Gasteiger partial charge on any atom is 0.328 e. The molecule has 0 aromatic heterocycles. The fourth-order valence-electron chi connectivity index (χ4n) is 8.26. The lowest BCUT2D eigenvalue weighted by atomic mass is 9.49. The van der Waals surface area contributed by atoms with Crippen molar-refractivity contribution < 1.29 is 33.8 Å². The zero-order valence-electron chi connectivity index (χ0n) is 25.7. The molecule has 6 unspecified atom stereocenters. The van der Waals surface area contributed by atoms with E-state index in [9.17, 15) is 24.3 Å². The molecule has 11 heteroatoms. The summed E-state index contributed by atoms with van der Waals surface area (Å²) < 4.78 is 5.61. The summed E-state index contributed by atoms with van der Waals surface area (Å²) in [5, 5.41) is 10.3. The summed E-state index contributed by atoms with van der Waals surface area (Å²) in [6.07, 6.45) is 2.21. The van der Waals surface area contributed by atoms with Gasteiger partial charge in [-0.3, -0.25) is 24.6 Å². The quantitative estimate of drug-likeness (QED) is 0.263. The molecule has 3 aromatic carbocycles. The molecule has 2 aliphatic heterocycles. The van der Waals surface area contributed by atoms with Crippen molar-refractivity contribution in [3.63, 3.8) is 0 Å². The third-order valence-corrected chi connectivity index (χ3v) is 10.2. The number of hydrazine groups is 1. The minimum absolute atomic E-state index is 0.105. The second kappa shape index (κ2) is 11.5. The third kappa shape index (κ3) is 4.56. The van der Waals surface area contributed by atoms with Crippen molar-refractivity contribution in [1.82, 2.24) is 9.91 Å². The van der Waals surface area contributed by atoms with Crippen LogP contribution in [-0.4, -0.2) is 57.9 Å². The van der Waals surface area contributed by atoms with Crippen LogP contribution in [0.4, 0.5) is 10.5 Å². The molecule has 47 heavy (non-hydrogen) atoms. The lowest BCUT2D eigenvalue weighted by Crippen LogP contribution is -2.53. The Morgan fingerprint density at radius 2 is 1.64 bits per heavy atom. The number of allylic oxidation sites excluding steroid dienone is 2. The number of likely N-dealkylation sites (tertiary alicyclic amines) is 1. The summed E-state index contributed by atoms with van der Waals surface area (Å²) in [4.78, 5) is 69.4. The first kappa shape index (κ1) is 30.4. The number of amides is 6. The number of ether oxygens (including phenoxy) is 1. The van der Waals surface area contributed by atoms with Gasteiger partial charge in [0.25, 0.3) is 11.8 Å². The van der Waals surface area contributed by atoms with Crippen molar-refractivity contribution in [1.29, 1.82) is 0 Å². The van der Waals surface area contributed by atoms with Crippen molar-refractivity contribution in [2.45, 2.75) is 31.1 Å². The zero-order valence-corrected chi connectivity index (χ0v) is 25.7. The average Bonchev–Trinajstić information content (AvgIpc) is 3.46. The molecule has 2 heterocycles. The van der Waals surface area contributed by atoms with E-state index in [1.54, 1.807) is 24.3 Å². The average molecular weight is 635 g/mol. The van der Waals surface area contributed by atoms with Crippen molar-refractivity contribution in [2.24, 2.45) is 29.4 Å². The van der Waals surface area contributed by atoms with Crippen LogP contribution in [0.25, 0.3) is 0 Å². The number of anilines is 1. The van der Waals surface area contributed by atoms with E-state index in [0.717, 1.165) is 16.1 Å². The number of nitrogens with one attached hydrogen (secondary N) is 1. The maximum atomic E-state index is 15.1. The van der Waals surface area contributed by atoms with E-state index in [4.69, 9.17) is 10.5 Å². The predicted octanol–water partition coefficient (Wildman–Crippen LogP) is 3.43. The van der Waals surface area contributed by atoms with Gasteiger partial charge in [0, 0.05) is 5.92 Å². The van der Waals surface area contributed by atoms with Crippen LogP contribution in [-0.2, 0) is 24.6 Å². The van der Waals surface area contributed by atoms with Crippen LogP contribution in [0, 0.1) is 30.6 Å². The van der Waals surface area contributed by atoms with Gasteiger partial charge < -0.3 is 15.6 Å². The van der Waals surface area contributed by atoms with Gasteiger partial charge in [0.1, 0.15) is 12.4 Å². The second-order valence-electron chi connectivity index (χ2n) is 12.6. The number of hydrogen-bond donors (Lipinski definition) is 3. The molecule has 2 saturated heterocycles. The van der Waals surface area contributed by atoms with Gasteiger partial charge in [-0.2, -0.15) is 9.91 Å². The first-order chi connectivity index (χ1) is 22.7.